The summed E-state index contributed by atoms with van der Waals surface area (Å²) in [4.78, 5) is 38.2. The number of amides is 3. The summed E-state index contributed by atoms with van der Waals surface area (Å²) in [5.41, 5.74) is 4.67. The number of carbonyl (C=O) groups is 3. The van der Waals surface area contributed by atoms with Gasteiger partial charge >= 0.3 is 0 Å². The molecule has 7 nitrogen and oxygen atoms in total. The molecule has 2 aromatic carbocycles. The van der Waals surface area contributed by atoms with Gasteiger partial charge in [0, 0.05) is 45.9 Å². The molecular formula is C32H46N4O3. The Bertz CT molecular complexity index is 1050. The van der Waals surface area contributed by atoms with Crippen molar-refractivity contribution in [2.45, 2.75) is 71.4 Å². The van der Waals surface area contributed by atoms with Gasteiger partial charge < -0.3 is 20.4 Å². The fourth-order valence-corrected chi connectivity index (χ4v) is 4.43. The fraction of sp³-hybridized carbons (Fsp3) is 0.469. The van der Waals surface area contributed by atoms with Gasteiger partial charge in [-0.2, -0.15) is 0 Å². The van der Waals surface area contributed by atoms with E-state index in [1.165, 1.54) is 36.5 Å². The molecule has 7 heteroatoms. The smallest absolute Gasteiger partial charge is 0.249 e. The molecule has 0 fully saturated rings. The molecule has 0 saturated heterocycles. The first-order valence-corrected chi connectivity index (χ1v) is 14.2. The van der Waals surface area contributed by atoms with Crippen LogP contribution >= 0.6 is 0 Å². The van der Waals surface area contributed by atoms with Crippen molar-refractivity contribution in [3.63, 3.8) is 0 Å². The molecule has 39 heavy (non-hydrogen) atoms. The highest BCUT2D eigenvalue weighted by Gasteiger charge is 2.31. The summed E-state index contributed by atoms with van der Waals surface area (Å²) in [6, 6.07) is 16.5. The number of nitrogens with zero attached hydrogens (tertiary/aromatic N) is 2. The highest BCUT2D eigenvalue weighted by molar-refractivity contribution is 5.95. The molecule has 0 aliphatic carbocycles. The second kappa shape index (κ2) is 17.9. The third kappa shape index (κ3) is 10.7. The van der Waals surface area contributed by atoms with Gasteiger partial charge in [0.05, 0.1) is 0 Å². The zero-order valence-corrected chi connectivity index (χ0v) is 24.1. The Labute approximate surface area is 234 Å². The van der Waals surface area contributed by atoms with Gasteiger partial charge in [-0.05, 0) is 47.7 Å². The van der Waals surface area contributed by atoms with Crippen molar-refractivity contribution < 1.29 is 14.4 Å². The molecule has 0 spiro atoms. The predicted molar refractivity (Wildman–Crippen MR) is 159 cm³/mol. The van der Waals surface area contributed by atoms with Crippen molar-refractivity contribution in [3.8, 4) is 11.1 Å². The Hall–Kier alpha value is -3.45. The third-order valence-corrected chi connectivity index (χ3v) is 6.83. The van der Waals surface area contributed by atoms with Crippen LogP contribution in [0.15, 0.2) is 60.8 Å². The molecule has 3 rings (SSSR count). The largest absolute Gasteiger partial charge is 0.362 e. The number of hydrogen-bond acceptors (Lipinski definition) is 4. The lowest BCUT2D eigenvalue weighted by atomic mass is 9.98. The van der Waals surface area contributed by atoms with Crippen LogP contribution in [0, 0.1) is 0 Å². The molecule has 0 unspecified atom stereocenters. The standard InChI is InChI=1S/C30H41N3O2.C2H5NO/c1-4-6-8-9-19-33-20-17-29(34)32(3)28(30(33)35)22-24-13-15-26(16-14-24)27-12-10-11-25(21-27)23-31-18-7-5-2;1-3-2-4/h10-17,20-21,28,31H,4-9,18-19,22-23H2,1-3H3;2H,1H3,(H,3,4)/t28-;/m0./s1. The van der Waals surface area contributed by atoms with Crippen molar-refractivity contribution in [2.24, 2.45) is 0 Å². The molecule has 2 N–H and O–H groups in total. The van der Waals surface area contributed by atoms with Gasteiger partial charge in [0.1, 0.15) is 6.04 Å². The van der Waals surface area contributed by atoms with Crippen LogP contribution in [-0.4, -0.2) is 61.3 Å². The van der Waals surface area contributed by atoms with Crippen LogP contribution in [0.3, 0.4) is 0 Å². The first-order chi connectivity index (χ1) is 18.9. The highest BCUT2D eigenvalue weighted by atomic mass is 16.2. The van der Waals surface area contributed by atoms with Gasteiger partial charge in [-0.15, -0.1) is 0 Å². The number of unbranched alkanes of at least 4 members (excludes halogenated alkanes) is 4. The SMILES string of the molecule is CCCCCCN1C=CC(=O)N(C)[C@@H](Cc2ccc(-c3cccc(CNCCCC)c3)cc2)C1=O.CNC=O. The van der Waals surface area contributed by atoms with Crippen molar-refractivity contribution >= 4 is 18.2 Å². The summed E-state index contributed by atoms with van der Waals surface area (Å²) in [5.74, 6) is -0.126. The Morgan fingerprint density at radius 1 is 0.897 bits per heavy atom. The first kappa shape index (κ1) is 31.8. The van der Waals surface area contributed by atoms with E-state index >= 15 is 0 Å². The van der Waals surface area contributed by atoms with Crippen LogP contribution in [-0.2, 0) is 27.3 Å². The normalized spacial score (nSPS) is 15.0. The van der Waals surface area contributed by atoms with Crippen molar-refractivity contribution in [2.75, 3.05) is 27.2 Å². The van der Waals surface area contributed by atoms with Crippen molar-refractivity contribution in [1.82, 2.24) is 20.4 Å². The summed E-state index contributed by atoms with van der Waals surface area (Å²) in [6.07, 6.45) is 11.1. The molecule has 1 heterocycles. The minimum atomic E-state index is -0.493. The lowest BCUT2D eigenvalue weighted by Gasteiger charge is -2.28. The topological polar surface area (TPSA) is 81.8 Å². The number of carbonyl (C=O) groups excluding carboxylic acids is 3. The van der Waals surface area contributed by atoms with Crippen molar-refractivity contribution in [1.29, 1.82) is 0 Å². The monoisotopic (exact) mass is 534 g/mol. The molecule has 0 aromatic heterocycles. The van der Waals surface area contributed by atoms with Crippen molar-refractivity contribution in [3.05, 3.63) is 71.9 Å². The maximum atomic E-state index is 13.3. The van der Waals surface area contributed by atoms with Crippen LogP contribution in [0.4, 0.5) is 0 Å². The van der Waals surface area contributed by atoms with Gasteiger partial charge in [0.15, 0.2) is 0 Å². The second-order valence-corrected chi connectivity index (χ2v) is 9.91. The summed E-state index contributed by atoms with van der Waals surface area (Å²) in [5, 5.41) is 5.75. The summed E-state index contributed by atoms with van der Waals surface area (Å²) in [7, 11) is 3.29. The number of likely N-dealkylation sites (N-methyl/N-ethyl adjacent to an activating group) is 1. The average Bonchev–Trinajstić information content (AvgIpc) is 3.06. The van der Waals surface area contributed by atoms with Gasteiger partial charge in [0.2, 0.25) is 18.2 Å². The van der Waals surface area contributed by atoms with E-state index in [1.54, 1.807) is 30.1 Å². The predicted octanol–water partition coefficient (Wildman–Crippen LogP) is 4.91. The van der Waals surface area contributed by atoms with E-state index in [9.17, 15) is 9.59 Å². The number of rotatable bonds is 14. The van der Waals surface area contributed by atoms with Crippen LogP contribution in [0.1, 0.15) is 63.5 Å². The lowest BCUT2D eigenvalue weighted by Crippen LogP contribution is -2.46. The van der Waals surface area contributed by atoms with E-state index in [-0.39, 0.29) is 11.8 Å². The minimum absolute atomic E-state index is 0.00144. The maximum absolute atomic E-state index is 13.3. The zero-order valence-electron chi connectivity index (χ0n) is 24.1. The fourth-order valence-electron chi connectivity index (χ4n) is 4.43. The average molecular weight is 535 g/mol. The Morgan fingerprint density at radius 2 is 1.62 bits per heavy atom. The highest BCUT2D eigenvalue weighted by Crippen LogP contribution is 2.23. The number of nitrogens with one attached hydrogen (secondary N) is 2. The number of benzene rings is 2. The summed E-state index contributed by atoms with van der Waals surface area (Å²) < 4.78 is 0. The van der Waals surface area contributed by atoms with Gasteiger partial charge in [0.25, 0.3) is 0 Å². The minimum Gasteiger partial charge on any atom is -0.362 e. The van der Waals surface area contributed by atoms with Crippen LogP contribution in [0.25, 0.3) is 11.1 Å². The first-order valence-electron chi connectivity index (χ1n) is 14.2. The van der Waals surface area contributed by atoms with E-state index in [0.717, 1.165) is 43.5 Å². The van der Waals surface area contributed by atoms with Crippen LogP contribution < -0.4 is 10.6 Å². The van der Waals surface area contributed by atoms with E-state index in [1.807, 2.05) is 0 Å². The molecule has 0 saturated carbocycles. The Balaban J connectivity index is 0.00000124. The summed E-state index contributed by atoms with van der Waals surface area (Å²) in [6.45, 7) is 6.95. The van der Waals surface area contributed by atoms with E-state index in [4.69, 9.17) is 4.79 Å². The molecule has 2 aromatic rings. The molecule has 1 aliphatic rings. The molecular weight excluding hydrogens is 488 g/mol. The quantitative estimate of drug-likeness (QED) is 0.267. The molecule has 1 atom stereocenters. The van der Waals surface area contributed by atoms with E-state index in [0.29, 0.717) is 19.4 Å². The van der Waals surface area contributed by atoms with E-state index in [2.05, 4.69) is 73.0 Å². The molecule has 0 bridgehead atoms. The second-order valence-electron chi connectivity index (χ2n) is 9.91. The summed E-state index contributed by atoms with van der Waals surface area (Å²) >= 11 is 0. The Morgan fingerprint density at radius 3 is 2.28 bits per heavy atom. The molecule has 212 valence electrons. The van der Waals surface area contributed by atoms with E-state index < -0.39 is 6.04 Å². The van der Waals surface area contributed by atoms with Gasteiger partial charge in [-0.3, -0.25) is 14.4 Å². The number of hydrogen-bond donors (Lipinski definition) is 2. The molecule has 1 aliphatic heterocycles. The molecule has 0 radical (unpaired) electrons. The lowest BCUT2D eigenvalue weighted by molar-refractivity contribution is -0.139. The molecule has 3 amide bonds. The Kier molecular flexibility index (Phi) is 14.6. The zero-order chi connectivity index (χ0) is 28.5. The van der Waals surface area contributed by atoms with Crippen LogP contribution in [0.2, 0.25) is 0 Å². The maximum Gasteiger partial charge on any atom is 0.249 e. The third-order valence-electron chi connectivity index (χ3n) is 6.83. The van der Waals surface area contributed by atoms with Gasteiger partial charge in [-0.25, -0.2) is 0 Å². The van der Waals surface area contributed by atoms with Gasteiger partial charge in [-0.1, -0.05) is 82.0 Å². The van der Waals surface area contributed by atoms with Crippen LogP contribution in [0.5, 0.6) is 0 Å².